The highest BCUT2D eigenvalue weighted by Gasteiger charge is 2.25. The predicted molar refractivity (Wildman–Crippen MR) is 35.9 cm³/mol. The summed E-state index contributed by atoms with van der Waals surface area (Å²) in [5.74, 6) is 1.03. The van der Waals surface area contributed by atoms with Crippen LogP contribution in [0.15, 0.2) is 0 Å². The Kier molecular flexibility index (Phi) is 1.90. The summed E-state index contributed by atoms with van der Waals surface area (Å²) in [6, 6.07) is 0.847. The fourth-order valence-corrected chi connectivity index (χ4v) is 1.30. The summed E-state index contributed by atoms with van der Waals surface area (Å²) >= 11 is 0. The summed E-state index contributed by atoms with van der Waals surface area (Å²) in [4.78, 5) is 0. The molecule has 0 bridgehead atoms. The quantitative estimate of drug-likeness (QED) is 0.570. The Balaban J connectivity index is 2.03. The van der Waals surface area contributed by atoms with E-state index in [1.54, 1.807) is 0 Å². The fourth-order valence-electron chi connectivity index (χ4n) is 1.30. The van der Waals surface area contributed by atoms with Crippen molar-refractivity contribution in [3.8, 4) is 0 Å². The Bertz CT molecular complexity index is 56.8. The molecule has 0 amide bonds. The first-order valence-electron chi connectivity index (χ1n) is 3.54. The molecule has 0 aromatic heterocycles. The SMILES string of the molecule is CC[C@H]1C[C@H](NC)C1. The van der Waals surface area contributed by atoms with Crippen molar-refractivity contribution in [2.45, 2.75) is 32.2 Å². The van der Waals surface area contributed by atoms with Crippen LogP contribution in [-0.4, -0.2) is 13.1 Å². The zero-order valence-electron chi connectivity index (χ0n) is 5.78. The standard InChI is InChI=1S/C7H15N/c1-3-6-4-7(5-6)8-2/h6-8H,3-5H2,1-2H3/t6-,7-. The van der Waals surface area contributed by atoms with E-state index < -0.39 is 0 Å². The number of hydrogen-bond donors (Lipinski definition) is 1. The van der Waals surface area contributed by atoms with E-state index >= 15 is 0 Å². The second kappa shape index (κ2) is 2.49. The van der Waals surface area contributed by atoms with E-state index in [1.165, 1.54) is 19.3 Å². The van der Waals surface area contributed by atoms with Crippen molar-refractivity contribution < 1.29 is 0 Å². The predicted octanol–water partition coefficient (Wildman–Crippen LogP) is 1.39. The maximum atomic E-state index is 3.27. The van der Waals surface area contributed by atoms with Crippen LogP contribution >= 0.6 is 0 Å². The van der Waals surface area contributed by atoms with E-state index in [1.807, 2.05) is 0 Å². The lowest BCUT2D eigenvalue weighted by Crippen LogP contribution is -2.38. The van der Waals surface area contributed by atoms with Gasteiger partial charge >= 0.3 is 0 Å². The van der Waals surface area contributed by atoms with Crippen LogP contribution in [-0.2, 0) is 0 Å². The van der Waals surface area contributed by atoms with Gasteiger partial charge in [0.05, 0.1) is 0 Å². The summed E-state index contributed by atoms with van der Waals surface area (Å²) in [7, 11) is 2.05. The van der Waals surface area contributed by atoms with Crippen LogP contribution in [0.25, 0.3) is 0 Å². The molecule has 0 radical (unpaired) electrons. The van der Waals surface area contributed by atoms with E-state index in [0.29, 0.717) is 0 Å². The summed E-state index contributed by atoms with van der Waals surface area (Å²) in [5.41, 5.74) is 0. The third-order valence-corrected chi connectivity index (χ3v) is 2.22. The molecule has 1 N–H and O–H groups in total. The van der Waals surface area contributed by atoms with E-state index in [-0.39, 0.29) is 0 Å². The largest absolute Gasteiger partial charge is 0.317 e. The maximum absolute atomic E-state index is 3.27. The normalized spacial score (nSPS) is 36.8. The Hall–Kier alpha value is -0.0400. The molecule has 1 nitrogen and oxygen atoms in total. The third-order valence-electron chi connectivity index (χ3n) is 2.22. The highest BCUT2D eigenvalue weighted by Crippen LogP contribution is 2.29. The first-order valence-corrected chi connectivity index (χ1v) is 3.54. The minimum atomic E-state index is 0.847. The lowest BCUT2D eigenvalue weighted by molar-refractivity contribution is 0.227. The molecule has 8 heavy (non-hydrogen) atoms. The molecule has 0 atom stereocenters. The molecule has 0 aromatic carbocycles. The minimum absolute atomic E-state index is 0.847. The average molecular weight is 113 g/mol. The van der Waals surface area contributed by atoms with Crippen molar-refractivity contribution in [2.24, 2.45) is 5.92 Å². The van der Waals surface area contributed by atoms with Gasteiger partial charge in [0.15, 0.2) is 0 Å². The molecule has 0 saturated heterocycles. The molecule has 0 heterocycles. The van der Waals surface area contributed by atoms with Crippen LogP contribution in [0.5, 0.6) is 0 Å². The molecule has 0 aliphatic heterocycles. The second-order valence-electron chi connectivity index (χ2n) is 2.73. The molecule has 1 rings (SSSR count). The van der Waals surface area contributed by atoms with Gasteiger partial charge in [-0.1, -0.05) is 13.3 Å². The van der Waals surface area contributed by atoms with Gasteiger partial charge < -0.3 is 5.32 Å². The topological polar surface area (TPSA) is 12.0 Å². The van der Waals surface area contributed by atoms with Gasteiger partial charge in [0, 0.05) is 6.04 Å². The van der Waals surface area contributed by atoms with Crippen molar-refractivity contribution in [2.75, 3.05) is 7.05 Å². The van der Waals surface area contributed by atoms with Gasteiger partial charge in [0.25, 0.3) is 0 Å². The molecular formula is C7H15N. The summed E-state index contributed by atoms with van der Waals surface area (Å²) in [6.45, 7) is 2.27. The minimum Gasteiger partial charge on any atom is -0.317 e. The van der Waals surface area contributed by atoms with Gasteiger partial charge in [-0.15, -0.1) is 0 Å². The van der Waals surface area contributed by atoms with Gasteiger partial charge in [-0.2, -0.15) is 0 Å². The molecule has 0 unspecified atom stereocenters. The van der Waals surface area contributed by atoms with E-state index in [4.69, 9.17) is 0 Å². The monoisotopic (exact) mass is 113 g/mol. The van der Waals surface area contributed by atoms with Crippen LogP contribution < -0.4 is 5.32 Å². The molecule has 0 aromatic rings. The third kappa shape index (κ3) is 1.03. The van der Waals surface area contributed by atoms with Crippen molar-refractivity contribution >= 4 is 0 Å². The molecular weight excluding hydrogens is 98.1 g/mol. The first kappa shape index (κ1) is 6.09. The zero-order valence-corrected chi connectivity index (χ0v) is 5.78. The Morgan fingerprint density at radius 2 is 2.12 bits per heavy atom. The van der Waals surface area contributed by atoms with Crippen molar-refractivity contribution in [1.82, 2.24) is 5.32 Å². The number of rotatable bonds is 2. The average Bonchev–Trinajstić information content (AvgIpc) is 1.65. The van der Waals surface area contributed by atoms with Crippen LogP contribution in [0.2, 0.25) is 0 Å². The zero-order chi connectivity index (χ0) is 5.98. The Morgan fingerprint density at radius 3 is 2.50 bits per heavy atom. The van der Waals surface area contributed by atoms with E-state index in [2.05, 4.69) is 19.3 Å². The van der Waals surface area contributed by atoms with Gasteiger partial charge in [0.2, 0.25) is 0 Å². The Labute approximate surface area is 51.5 Å². The second-order valence-corrected chi connectivity index (χ2v) is 2.73. The molecule has 1 heteroatoms. The molecule has 1 saturated carbocycles. The molecule has 1 aliphatic carbocycles. The molecule has 48 valence electrons. The molecule has 0 spiro atoms. The maximum Gasteiger partial charge on any atom is 0.00693 e. The summed E-state index contributed by atoms with van der Waals surface area (Å²) in [6.07, 6.45) is 4.19. The highest BCUT2D eigenvalue weighted by molar-refractivity contribution is 4.82. The van der Waals surface area contributed by atoms with Crippen molar-refractivity contribution in [3.63, 3.8) is 0 Å². The number of hydrogen-bond acceptors (Lipinski definition) is 1. The number of nitrogens with one attached hydrogen (secondary N) is 1. The van der Waals surface area contributed by atoms with Gasteiger partial charge in [-0.3, -0.25) is 0 Å². The van der Waals surface area contributed by atoms with Crippen molar-refractivity contribution in [3.05, 3.63) is 0 Å². The van der Waals surface area contributed by atoms with Gasteiger partial charge in [-0.25, -0.2) is 0 Å². The fraction of sp³-hybridized carbons (Fsp3) is 1.00. The van der Waals surface area contributed by atoms with Crippen LogP contribution in [0.4, 0.5) is 0 Å². The first-order chi connectivity index (χ1) is 3.86. The molecule has 1 aliphatic rings. The summed E-state index contributed by atoms with van der Waals surface area (Å²) in [5, 5.41) is 3.27. The van der Waals surface area contributed by atoms with Crippen LogP contribution in [0.1, 0.15) is 26.2 Å². The lowest BCUT2D eigenvalue weighted by atomic mass is 9.79. The van der Waals surface area contributed by atoms with Crippen molar-refractivity contribution in [1.29, 1.82) is 0 Å². The van der Waals surface area contributed by atoms with Crippen LogP contribution in [0.3, 0.4) is 0 Å². The van der Waals surface area contributed by atoms with Crippen LogP contribution in [0, 0.1) is 5.92 Å². The van der Waals surface area contributed by atoms with E-state index in [9.17, 15) is 0 Å². The summed E-state index contributed by atoms with van der Waals surface area (Å²) < 4.78 is 0. The Morgan fingerprint density at radius 1 is 1.50 bits per heavy atom. The van der Waals surface area contributed by atoms with Gasteiger partial charge in [-0.05, 0) is 25.8 Å². The van der Waals surface area contributed by atoms with E-state index in [0.717, 1.165) is 12.0 Å². The smallest absolute Gasteiger partial charge is 0.00693 e. The lowest BCUT2D eigenvalue weighted by Gasteiger charge is -2.34. The van der Waals surface area contributed by atoms with Gasteiger partial charge in [0.1, 0.15) is 0 Å². The highest BCUT2D eigenvalue weighted by atomic mass is 14.9. The molecule has 1 fully saturated rings.